The summed E-state index contributed by atoms with van der Waals surface area (Å²) in [7, 11) is 1.21. The fourth-order valence-electron chi connectivity index (χ4n) is 1.21. The van der Waals surface area contributed by atoms with E-state index in [1.54, 1.807) is 0 Å². The minimum absolute atomic E-state index is 0.0949. The minimum atomic E-state index is -0.887. The van der Waals surface area contributed by atoms with Crippen molar-refractivity contribution in [2.24, 2.45) is 5.73 Å². The number of carbonyl (C=O) groups excluding carboxylic acids is 1. The largest absolute Gasteiger partial charge is 0.468 e. The van der Waals surface area contributed by atoms with Gasteiger partial charge in [-0.05, 0) is 12.0 Å². The number of halogens is 1. The molecule has 0 unspecified atom stereocenters. The summed E-state index contributed by atoms with van der Waals surface area (Å²) in [5.74, 6) is -0.595. The molecule has 0 spiro atoms. The number of ether oxygens (including phenoxy) is 1. The first-order chi connectivity index (χ1) is 7.95. The molecule has 0 aromatic carbocycles. The molecule has 0 aliphatic carbocycles. The van der Waals surface area contributed by atoms with Crippen molar-refractivity contribution >= 4 is 23.3 Å². The molecule has 17 heavy (non-hydrogen) atoms. The maximum absolute atomic E-state index is 11.1. The van der Waals surface area contributed by atoms with Crippen LogP contribution in [0.15, 0.2) is 12.3 Å². The van der Waals surface area contributed by atoms with Gasteiger partial charge in [0.05, 0.1) is 12.0 Å². The highest BCUT2D eigenvalue weighted by Gasteiger charge is 2.18. The number of hydrogen-bond donors (Lipinski definition) is 1. The monoisotopic (exact) mass is 259 g/mol. The summed E-state index contributed by atoms with van der Waals surface area (Å²) >= 11 is 5.54. The lowest BCUT2D eigenvalue weighted by molar-refractivity contribution is -0.385. The summed E-state index contributed by atoms with van der Waals surface area (Å²) in [6.45, 7) is 0. The van der Waals surface area contributed by atoms with E-state index in [2.05, 4.69) is 9.72 Å². The molecule has 2 N–H and O–H groups in total. The van der Waals surface area contributed by atoms with Crippen LogP contribution in [0.2, 0.25) is 5.15 Å². The highest BCUT2D eigenvalue weighted by Crippen LogP contribution is 2.22. The fraction of sp³-hybridized carbons (Fsp3) is 0.333. The first-order valence-electron chi connectivity index (χ1n) is 4.58. The maximum atomic E-state index is 11.1. The van der Waals surface area contributed by atoms with Gasteiger partial charge in [0.15, 0.2) is 0 Å². The van der Waals surface area contributed by atoms with Gasteiger partial charge in [0, 0.05) is 12.3 Å². The van der Waals surface area contributed by atoms with Gasteiger partial charge in [0.1, 0.15) is 6.04 Å². The Morgan fingerprint density at radius 2 is 2.41 bits per heavy atom. The van der Waals surface area contributed by atoms with Gasteiger partial charge in [0.25, 0.3) is 0 Å². The number of nitrogens with two attached hydrogens (primary N) is 1. The second-order valence-corrected chi connectivity index (χ2v) is 3.60. The molecule has 0 amide bonds. The van der Waals surface area contributed by atoms with Gasteiger partial charge >= 0.3 is 11.7 Å². The van der Waals surface area contributed by atoms with Crippen LogP contribution in [-0.4, -0.2) is 29.0 Å². The van der Waals surface area contributed by atoms with E-state index in [0.29, 0.717) is 5.56 Å². The quantitative estimate of drug-likeness (QED) is 0.369. The highest BCUT2D eigenvalue weighted by molar-refractivity contribution is 6.31. The van der Waals surface area contributed by atoms with E-state index in [1.807, 2.05) is 0 Å². The van der Waals surface area contributed by atoms with E-state index in [1.165, 1.54) is 19.4 Å². The average Bonchev–Trinajstić information content (AvgIpc) is 2.30. The Hall–Kier alpha value is -1.73. The predicted octanol–water partition coefficient (Wildman–Crippen LogP) is 0.686. The number of aromatic nitrogens is 1. The van der Waals surface area contributed by atoms with E-state index in [9.17, 15) is 14.9 Å². The van der Waals surface area contributed by atoms with Crippen LogP contribution in [0.4, 0.5) is 5.69 Å². The van der Waals surface area contributed by atoms with Crippen molar-refractivity contribution in [1.29, 1.82) is 0 Å². The topological polar surface area (TPSA) is 108 Å². The lowest BCUT2D eigenvalue weighted by Crippen LogP contribution is -2.33. The second kappa shape index (κ2) is 5.55. The molecule has 0 aliphatic rings. The lowest BCUT2D eigenvalue weighted by atomic mass is 10.1. The highest BCUT2D eigenvalue weighted by atomic mass is 35.5. The molecule has 0 saturated heterocycles. The van der Waals surface area contributed by atoms with E-state index in [0.717, 1.165) is 0 Å². The number of esters is 1. The molecule has 0 radical (unpaired) electrons. The fourth-order valence-corrected chi connectivity index (χ4v) is 1.38. The molecule has 1 heterocycles. The van der Waals surface area contributed by atoms with Crippen LogP contribution in [0.3, 0.4) is 0 Å². The Morgan fingerprint density at radius 1 is 1.76 bits per heavy atom. The predicted molar refractivity (Wildman–Crippen MR) is 59.6 cm³/mol. The zero-order valence-electron chi connectivity index (χ0n) is 8.92. The van der Waals surface area contributed by atoms with E-state index < -0.39 is 16.9 Å². The molecule has 0 aliphatic heterocycles. The van der Waals surface area contributed by atoms with Crippen molar-refractivity contribution in [1.82, 2.24) is 4.98 Å². The van der Waals surface area contributed by atoms with Crippen molar-refractivity contribution in [3.63, 3.8) is 0 Å². The van der Waals surface area contributed by atoms with Crippen molar-refractivity contribution < 1.29 is 14.5 Å². The lowest BCUT2D eigenvalue weighted by Gasteiger charge is -2.08. The molecule has 7 nitrogen and oxygen atoms in total. The van der Waals surface area contributed by atoms with Crippen LogP contribution in [-0.2, 0) is 16.0 Å². The van der Waals surface area contributed by atoms with E-state index >= 15 is 0 Å². The van der Waals surface area contributed by atoms with E-state index in [-0.39, 0.29) is 17.3 Å². The van der Waals surface area contributed by atoms with Crippen molar-refractivity contribution in [3.05, 3.63) is 33.1 Å². The molecule has 1 atom stereocenters. The molecule has 0 fully saturated rings. The van der Waals surface area contributed by atoms with Gasteiger partial charge in [-0.2, -0.15) is 0 Å². The summed E-state index contributed by atoms with van der Waals surface area (Å²) in [6.07, 6.45) is 1.43. The van der Waals surface area contributed by atoms with Crippen LogP contribution in [0, 0.1) is 10.1 Å². The molecule has 1 aromatic rings. The van der Waals surface area contributed by atoms with Crippen LogP contribution in [0.5, 0.6) is 0 Å². The van der Waals surface area contributed by atoms with E-state index in [4.69, 9.17) is 17.3 Å². The summed E-state index contributed by atoms with van der Waals surface area (Å²) in [5.41, 5.74) is 5.64. The van der Waals surface area contributed by atoms with Gasteiger partial charge in [-0.1, -0.05) is 11.6 Å². The Labute approximate surface area is 102 Å². The summed E-state index contributed by atoms with van der Waals surface area (Å²) in [4.78, 5) is 24.7. The summed E-state index contributed by atoms with van der Waals surface area (Å²) in [6, 6.07) is 0.348. The zero-order valence-corrected chi connectivity index (χ0v) is 9.68. The smallest absolute Gasteiger partial charge is 0.322 e. The zero-order chi connectivity index (χ0) is 13.0. The normalized spacial score (nSPS) is 11.9. The number of hydrogen-bond acceptors (Lipinski definition) is 6. The Morgan fingerprint density at radius 3 is 2.94 bits per heavy atom. The molecule has 92 valence electrons. The minimum Gasteiger partial charge on any atom is -0.468 e. The third-order valence-corrected chi connectivity index (χ3v) is 2.32. The van der Waals surface area contributed by atoms with Crippen LogP contribution < -0.4 is 5.73 Å². The Balaban J connectivity index is 2.90. The molecular weight excluding hydrogens is 250 g/mol. The van der Waals surface area contributed by atoms with Crippen LogP contribution in [0.25, 0.3) is 0 Å². The number of methoxy groups -OCH3 is 1. The van der Waals surface area contributed by atoms with Gasteiger partial charge in [-0.25, -0.2) is 4.98 Å². The van der Waals surface area contributed by atoms with Crippen LogP contribution >= 0.6 is 11.6 Å². The second-order valence-electron chi connectivity index (χ2n) is 3.24. The standard InChI is InChI=1S/C9H10ClN3O4/c1-17-9(14)6(11)2-5-3-7(13(15)16)8(10)12-4-5/h3-4,6H,2,11H2,1H3/t6-/m1/s1. The number of rotatable bonds is 4. The third-order valence-electron chi connectivity index (χ3n) is 2.03. The molecular formula is C9H10ClN3O4. The van der Waals surface area contributed by atoms with Gasteiger partial charge in [0.2, 0.25) is 5.15 Å². The number of pyridine rings is 1. The SMILES string of the molecule is COC(=O)[C@H](N)Cc1cnc(Cl)c([N+](=O)[O-])c1. The summed E-state index contributed by atoms with van der Waals surface area (Å²) < 4.78 is 4.44. The van der Waals surface area contributed by atoms with Gasteiger partial charge < -0.3 is 10.5 Å². The first-order valence-corrected chi connectivity index (χ1v) is 4.95. The van der Waals surface area contributed by atoms with Crippen LogP contribution in [0.1, 0.15) is 5.56 Å². The Bertz CT molecular complexity index is 452. The number of carbonyl (C=O) groups is 1. The number of nitro groups is 1. The number of nitrogens with zero attached hydrogens (tertiary/aromatic N) is 2. The Kier molecular flexibility index (Phi) is 4.36. The molecule has 1 aromatic heterocycles. The first kappa shape index (κ1) is 13.3. The maximum Gasteiger partial charge on any atom is 0.322 e. The molecule has 0 bridgehead atoms. The van der Waals surface area contributed by atoms with Crippen molar-refractivity contribution in [2.75, 3.05) is 7.11 Å². The van der Waals surface area contributed by atoms with Gasteiger partial charge in [-0.3, -0.25) is 14.9 Å². The molecule has 0 saturated carbocycles. The van der Waals surface area contributed by atoms with Crippen molar-refractivity contribution in [2.45, 2.75) is 12.5 Å². The molecule has 8 heteroatoms. The summed E-state index contributed by atoms with van der Waals surface area (Å²) in [5, 5.41) is 10.4. The molecule has 1 rings (SSSR count). The van der Waals surface area contributed by atoms with Gasteiger partial charge in [-0.15, -0.1) is 0 Å². The third kappa shape index (κ3) is 3.36. The van der Waals surface area contributed by atoms with Crippen molar-refractivity contribution in [3.8, 4) is 0 Å². The average molecular weight is 260 g/mol.